The molecule has 2 rings (SSSR count). The minimum absolute atomic E-state index is 0.221. The monoisotopic (exact) mass is 313 g/mol. The topological polar surface area (TPSA) is 26.1 Å². The summed E-state index contributed by atoms with van der Waals surface area (Å²) in [5, 5.41) is 12.5. The fourth-order valence-electron chi connectivity index (χ4n) is 1.89. The SMILES string of the molecule is Cc1cc(Cl)ccc1C=[N+]([O-])c1ccccc1C(F)(F)F. The summed E-state index contributed by atoms with van der Waals surface area (Å²) in [5.74, 6) is 0. The standard InChI is InChI=1S/C15H11ClF3NO/c1-10-8-12(16)7-6-11(10)9-20(21)14-5-3-2-4-13(14)15(17,18)19/h2-9H,1H3. The van der Waals surface area contributed by atoms with Crippen molar-refractivity contribution in [3.63, 3.8) is 0 Å². The summed E-state index contributed by atoms with van der Waals surface area (Å²) in [6.07, 6.45) is -3.47. The van der Waals surface area contributed by atoms with Crippen molar-refractivity contribution >= 4 is 23.5 Å². The van der Waals surface area contributed by atoms with Crippen molar-refractivity contribution in [3.05, 3.63) is 69.4 Å². The predicted molar refractivity (Wildman–Crippen MR) is 76.1 cm³/mol. The van der Waals surface area contributed by atoms with Crippen LogP contribution in [0, 0.1) is 12.1 Å². The van der Waals surface area contributed by atoms with E-state index in [4.69, 9.17) is 11.6 Å². The highest BCUT2D eigenvalue weighted by Crippen LogP contribution is 2.35. The van der Waals surface area contributed by atoms with Crippen molar-refractivity contribution in [2.45, 2.75) is 13.1 Å². The van der Waals surface area contributed by atoms with Gasteiger partial charge >= 0.3 is 6.18 Å². The van der Waals surface area contributed by atoms with Crippen LogP contribution < -0.4 is 0 Å². The van der Waals surface area contributed by atoms with Gasteiger partial charge in [-0.1, -0.05) is 23.7 Å². The Morgan fingerprint density at radius 3 is 2.43 bits per heavy atom. The molecule has 0 aliphatic heterocycles. The Morgan fingerprint density at radius 1 is 1.14 bits per heavy atom. The zero-order valence-corrected chi connectivity index (χ0v) is 11.7. The first-order valence-corrected chi connectivity index (χ1v) is 6.40. The summed E-state index contributed by atoms with van der Waals surface area (Å²) in [6.45, 7) is 1.72. The van der Waals surface area contributed by atoms with Crippen LogP contribution in [0.4, 0.5) is 18.9 Å². The fourth-order valence-corrected chi connectivity index (χ4v) is 2.11. The number of para-hydroxylation sites is 1. The Morgan fingerprint density at radius 2 is 1.81 bits per heavy atom. The fraction of sp³-hybridized carbons (Fsp3) is 0.133. The maximum Gasteiger partial charge on any atom is 0.422 e. The first-order chi connectivity index (χ1) is 9.79. The molecule has 0 spiro atoms. The normalized spacial score (nSPS) is 12.5. The molecule has 0 aliphatic rings. The van der Waals surface area contributed by atoms with E-state index >= 15 is 0 Å². The zero-order valence-electron chi connectivity index (χ0n) is 11.0. The van der Waals surface area contributed by atoms with Gasteiger partial charge in [0.15, 0.2) is 6.21 Å². The van der Waals surface area contributed by atoms with E-state index in [1.807, 2.05) is 0 Å². The second kappa shape index (κ2) is 5.77. The highest BCUT2D eigenvalue weighted by molar-refractivity contribution is 6.30. The van der Waals surface area contributed by atoms with E-state index in [0.717, 1.165) is 18.3 Å². The zero-order chi connectivity index (χ0) is 15.6. The van der Waals surface area contributed by atoms with Gasteiger partial charge < -0.3 is 5.21 Å². The molecule has 0 atom stereocenters. The van der Waals surface area contributed by atoms with Crippen LogP contribution in [0.25, 0.3) is 0 Å². The Hall–Kier alpha value is -2.01. The number of nitrogens with zero attached hydrogens (tertiary/aromatic N) is 1. The van der Waals surface area contributed by atoms with Crippen LogP contribution in [0.5, 0.6) is 0 Å². The van der Waals surface area contributed by atoms with Crippen LogP contribution in [0.15, 0.2) is 42.5 Å². The van der Waals surface area contributed by atoms with Crippen LogP contribution in [0.1, 0.15) is 16.7 Å². The van der Waals surface area contributed by atoms with Crippen molar-refractivity contribution in [3.8, 4) is 0 Å². The maximum atomic E-state index is 12.9. The van der Waals surface area contributed by atoms with Crippen molar-refractivity contribution in [2.75, 3.05) is 0 Å². The van der Waals surface area contributed by atoms with Crippen molar-refractivity contribution in [1.29, 1.82) is 0 Å². The Balaban J connectivity index is 2.49. The molecule has 0 fully saturated rings. The molecular weight excluding hydrogens is 303 g/mol. The molecule has 6 heteroatoms. The second-order valence-electron chi connectivity index (χ2n) is 4.47. The molecule has 0 heterocycles. The minimum atomic E-state index is -4.58. The largest absolute Gasteiger partial charge is 0.618 e. The van der Waals surface area contributed by atoms with Gasteiger partial charge in [-0.25, -0.2) is 0 Å². The molecule has 2 aromatic rings. The number of benzene rings is 2. The average molecular weight is 314 g/mol. The Kier molecular flexibility index (Phi) is 4.23. The lowest BCUT2D eigenvalue weighted by Crippen LogP contribution is -2.10. The average Bonchev–Trinajstić information content (AvgIpc) is 2.41. The highest BCUT2D eigenvalue weighted by Gasteiger charge is 2.36. The molecule has 2 aromatic carbocycles. The summed E-state index contributed by atoms with van der Waals surface area (Å²) in [4.78, 5) is 0. The van der Waals surface area contributed by atoms with Crippen molar-refractivity contribution in [2.24, 2.45) is 0 Å². The molecule has 0 bridgehead atoms. The predicted octanol–water partition coefficient (Wildman–Crippen LogP) is 4.93. The molecule has 0 aliphatic carbocycles. The molecule has 2 nitrogen and oxygen atoms in total. The molecular formula is C15H11ClF3NO. The highest BCUT2D eigenvalue weighted by atomic mass is 35.5. The van der Waals surface area contributed by atoms with Crippen LogP contribution in [-0.2, 0) is 6.18 Å². The molecule has 0 amide bonds. The lowest BCUT2D eigenvalue weighted by atomic mass is 10.1. The van der Waals surface area contributed by atoms with E-state index in [-0.39, 0.29) is 4.74 Å². The van der Waals surface area contributed by atoms with E-state index in [9.17, 15) is 18.4 Å². The molecule has 0 radical (unpaired) electrons. The first-order valence-electron chi connectivity index (χ1n) is 6.02. The summed E-state index contributed by atoms with van der Waals surface area (Å²) < 4.78 is 38.9. The smallest absolute Gasteiger partial charge is 0.422 e. The van der Waals surface area contributed by atoms with Crippen LogP contribution in [0.2, 0.25) is 5.02 Å². The van der Waals surface area contributed by atoms with Crippen molar-refractivity contribution < 1.29 is 17.9 Å². The third kappa shape index (κ3) is 3.55. The summed E-state index contributed by atoms with van der Waals surface area (Å²) in [5.41, 5.74) is -0.207. The van der Waals surface area contributed by atoms with Gasteiger partial charge in [0.05, 0.1) is 0 Å². The Bertz CT molecular complexity index is 696. The third-order valence-corrected chi connectivity index (χ3v) is 3.17. The van der Waals surface area contributed by atoms with Gasteiger partial charge in [0.25, 0.3) is 0 Å². The lowest BCUT2D eigenvalue weighted by Gasteiger charge is -2.11. The second-order valence-corrected chi connectivity index (χ2v) is 4.91. The summed E-state index contributed by atoms with van der Waals surface area (Å²) in [7, 11) is 0. The quantitative estimate of drug-likeness (QED) is 0.334. The molecule has 110 valence electrons. The number of hydrogen-bond acceptors (Lipinski definition) is 1. The van der Waals surface area contributed by atoms with Gasteiger partial charge in [-0.05, 0) is 36.8 Å². The van der Waals surface area contributed by atoms with E-state index in [2.05, 4.69) is 0 Å². The molecule has 0 aromatic heterocycles. The van der Waals surface area contributed by atoms with Crippen LogP contribution in [0.3, 0.4) is 0 Å². The number of halogens is 4. The van der Waals surface area contributed by atoms with E-state index in [1.54, 1.807) is 25.1 Å². The lowest BCUT2D eigenvalue weighted by molar-refractivity contribution is -0.358. The number of hydrogen-bond donors (Lipinski definition) is 0. The van der Waals surface area contributed by atoms with Gasteiger partial charge in [-0.15, -0.1) is 0 Å². The van der Waals surface area contributed by atoms with Gasteiger partial charge in [0, 0.05) is 16.7 Å². The van der Waals surface area contributed by atoms with E-state index < -0.39 is 17.4 Å². The molecule has 0 saturated carbocycles. The number of alkyl halides is 3. The van der Waals surface area contributed by atoms with Crippen molar-refractivity contribution in [1.82, 2.24) is 0 Å². The van der Waals surface area contributed by atoms with Gasteiger partial charge in [0.1, 0.15) is 5.56 Å². The summed E-state index contributed by atoms with van der Waals surface area (Å²) >= 11 is 5.80. The first kappa shape index (κ1) is 15.4. The summed E-state index contributed by atoms with van der Waals surface area (Å²) in [6, 6.07) is 9.44. The molecule has 0 unspecified atom stereocenters. The molecule has 0 N–H and O–H groups in total. The molecule has 21 heavy (non-hydrogen) atoms. The van der Waals surface area contributed by atoms with E-state index in [1.165, 1.54) is 12.1 Å². The van der Waals surface area contributed by atoms with E-state index in [0.29, 0.717) is 16.1 Å². The molecule has 0 saturated heterocycles. The third-order valence-electron chi connectivity index (χ3n) is 2.94. The Labute approximate surface area is 124 Å². The number of aryl methyl sites for hydroxylation is 1. The van der Waals surface area contributed by atoms with Crippen LogP contribution >= 0.6 is 11.6 Å². The van der Waals surface area contributed by atoms with Gasteiger partial charge in [-0.3, -0.25) is 0 Å². The van der Waals surface area contributed by atoms with Gasteiger partial charge in [-0.2, -0.15) is 17.9 Å². The van der Waals surface area contributed by atoms with Crippen LogP contribution in [-0.4, -0.2) is 11.0 Å². The number of rotatable bonds is 2. The minimum Gasteiger partial charge on any atom is -0.618 e. The van der Waals surface area contributed by atoms with Gasteiger partial charge in [0.2, 0.25) is 5.69 Å². The maximum absolute atomic E-state index is 12.9.